The van der Waals surface area contributed by atoms with Crippen molar-refractivity contribution in [3.05, 3.63) is 53.8 Å². The van der Waals surface area contributed by atoms with Gasteiger partial charge in [-0.15, -0.1) is 0 Å². The number of nitrogens with zero attached hydrogens (tertiary/aromatic N) is 3. The van der Waals surface area contributed by atoms with Gasteiger partial charge in [-0.2, -0.15) is 8.42 Å². The Labute approximate surface area is 169 Å². The summed E-state index contributed by atoms with van der Waals surface area (Å²) in [5.41, 5.74) is 1.57. The van der Waals surface area contributed by atoms with Crippen LogP contribution in [0.1, 0.15) is 23.2 Å². The number of hydrogen-bond donors (Lipinski definition) is 0. The minimum absolute atomic E-state index is 0.0854. The average Bonchev–Trinajstić information content (AvgIpc) is 2.93. The molecular weight excluding hydrogens is 397 g/mol. The summed E-state index contributed by atoms with van der Waals surface area (Å²) in [4.78, 5) is 14.4. The van der Waals surface area contributed by atoms with Gasteiger partial charge in [-0.3, -0.25) is 9.10 Å². The molecule has 0 spiro atoms. The van der Waals surface area contributed by atoms with Gasteiger partial charge in [-0.05, 0) is 43.2 Å². The molecule has 0 saturated carbocycles. The fourth-order valence-electron chi connectivity index (χ4n) is 3.97. The molecule has 0 unspecified atom stereocenters. The van der Waals surface area contributed by atoms with Crippen molar-refractivity contribution in [3.63, 3.8) is 0 Å². The van der Waals surface area contributed by atoms with Gasteiger partial charge in [0.1, 0.15) is 0 Å². The standard InChI is InChI=1S/C20H22FN3O4S/c1-22-17-5-3-4-6-18(17)24(29(22,26)27)15-9-11-23(12-10-15)20(25)14-7-8-19(28-2)16(21)13-14/h3-8,13,15H,9-12H2,1-2H3. The van der Waals surface area contributed by atoms with E-state index in [0.717, 1.165) is 0 Å². The first-order valence-electron chi connectivity index (χ1n) is 9.34. The van der Waals surface area contributed by atoms with Crippen LogP contribution in [-0.4, -0.2) is 52.5 Å². The molecule has 0 atom stereocenters. The summed E-state index contributed by atoms with van der Waals surface area (Å²) in [5.74, 6) is -0.773. The number of halogens is 1. The molecule has 9 heteroatoms. The first kappa shape index (κ1) is 19.5. The molecule has 0 N–H and O–H groups in total. The van der Waals surface area contributed by atoms with Crippen LogP contribution in [0.2, 0.25) is 0 Å². The third kappa shape index (κ3) is 3.19. The van der Waals surface area contributed by atoms with Crippen molar-refractivity contribution < 1.29 is 22.3 Å². The van der Waals surface area contributed by atoms with Gasteiger partial charge in [-0.1, -0.05) is 12.1 Å². The molecule has 1 amide bonds. The van der Waals surface area contributed by atoms with Crippen molar-refractivity contribution in [1.82, 2.24) is 4.90 Å². The van der Waals surface area contributed by atoms with Crippen LogP contribution in [0.25, 0.3) is 0 Å². The highest BCUT2D eigenvalue weighted by molar-refractivity contribution is 7.94. The Bertz CT molecular complexity index is 1050. The lowest BCUT2D eigenvalue weighted by Crippen LogP contribution is -2.49. The smallest absolute Gasteiger partial charge is 0.326 e. The van der Waals surface area contributed by atoms with Gasteiger partial charge in [0.25, 0.3) is 5.91 Å². The molecule has 2 aromatic carbocycles. The minimum Gasteiger partial charge on any atom is -0.494 e. The second kappa shape index (κ2) is 7.22. The fraction of sp³-hybridized carbons (Fsp3) is 0.350. The first-order valence-corrected chi connectivity index (χ1v) is 10.7. The van der Waals surface area contributed by atoms with Crippen molar-refractivity contribution in [1.29, 1.82) is 0 Å². The fourth-order valence-corrected chi connectivity index (χ4v) is 5.63. The van der Waals surface area contributed by atoms with Gasteiger partial charge in [0, 0.05) is 25.7 Å². The predicted octanol–water partition coefficient (Wildman–Crippen LogP) is 2.64. The summed E-state index contributed by atoms with van der Waals surface area (Å²) in [5, 5.41) is 0. The monoisotopic (exact) mass is 419 g/mol. The van der Waals surface area contributed by atoms with E-state index in [-0.39, 0.29) is 23.3 Å². The molecule has 4 rings (SSSR count). The molecule has 29 heavy (non-hydrogen) atoms. The van der Waals surface area contributed by atoms with Gasteiger partial charge >= 0.3 is 10.2 Å². The second-order valence-electron chi connectivity index (χ2n) is 7.13. The molecule has 0 aromatic heterocycles. The number of rotatable bonds is 3. The number of carbonyl (C=O) groups excluding carboxylic acids is 1. The topological polar surface area (TPSA) is 70.2 Å². The normalized spacial score (nSPS) is 18.7. The van der Waals surface area contributed by atoms with E-state index >= 15 is 0 Å². The lowest BCUT2D eigenvalue weighted by atomic mass is 10.0. The molecule has 7 nitrogen and oxygen atoms in total. The van der Waals surface area contributed by atoms with E-state index in [0.29, 0.717) is 37.3 Å². The Morgan fingerprint density at radius 1 is 1.10 bits per heavy atom. The molecule has 0 aliphatic carbocycles. The van der Waals surface area contributed by atoms with E-state index in [9.17, 15) is 17.6 Å². The van der Waals surface area contributed by atoms with Crippen LogP contribution in [0, 0.1) is 5.82 Å². The van der Waals surface area contributed by atoms with E-state index < -0.39 is 16.0 Å². The summed E-state index contributed by atoms with van der Waals surface area (Å²) in [6, 6.07) is 11.1. The van der Waals surface area contributed by atoms with E-state index in [1.165, 1.54) is 33.9 Å². The van der Waals surface area contributed by atoms with E-state index in [1.807, 2.05) is 12.1 Å². The summed E-state index contributed by atoms with van der Waals surface area (Å²) < 4.78 is 47.4. The number of para-hydroxylation sites is 2. The molecule has 1 saturated heterocycles. The second-order valence-corrected chi connectivity index (χ2v) is 8.97. The summed E-state index contributed by atoms with van der Waals surface area (Å²) in [6.45, 7) is 0.796. The van der Waals surface area contributed by atoms with Crippen molar-refractivity contribution in [2.75, 3.05) is 35.9 Å². The third-order valence-corrected chi connectivity index (χ3v) is 7.42. The zero-order valence-corrected chi connectivity index (χ0v) is 17.0. The van der Waals surface area contributed by atoms with Crippen LogP contribution < -0.4 is 13.3 Å². The Morgan fingerprint density at radius 3 is 2.38 bits per heavy atom. The van der Waals surface area contributed by atoms with Gasteiger partial charge in [0.05, 0.1) is 24.5 Å². The van der Waals surface area contributed by atoms with Crippen LogP contribution in [0.5, 0.6) is 5.75 Å². The summed E-state index contributed by atoms with van der Waals surface area (Å²) in [6.07, 6.45) is 1.01. The van der Waals surface area contributed by atoms with E-state index in [2.05, 4.69) is 0 Å². The largest absolute Gasteiger partial charge is 0.494 e. The molecule has 154 valence electrons. The van der Waals surface area contributed by atoms with Crippen molar-refractivity contribution in [2.24, 2.45) is 0 Å². The Balaban J connectivity index is 1.50. The number of fused-ring (bicyclic) bond motifs is 1. The number of ether oxygens (including phenoxy) is 1. The Morgan fingerprint density at radius 2 is 1.76 bits per heavy atom. The molecule has 0 bridgehead atoms. The number of likely N-dealkylation sites (tertiary alicyclic amines) is 1. The SMILES string of the molecule is COc1ccc(C(=O)N2CCC(N3c4ccccc4N(C)S3(=O)=O)CC2)cc1F. The summed E-state index contributed by atoms with van der Waals surface area (Å²) >= 11 is 0. The number of anilines is 2. The third-order valence-electron chi connectivity index (χ3n) is 5.54. The summed E-state index contributed by atoms with van der Waals surface area (Å²) in [7, 11) is -0.714. The van der Waals surface area contributed by atoms with Crippen LogP contribution in [-0.2, 0) is 10.2 Å². The number of methoxy groups -OCH3 is 1. The van der Waals surface area contributed by atoms with Gasteiger partial charge in [-0.25, -0.2) is 8.70 Å². The van der Waals surface area contributed by atoms with Crippen LogP contribution in [0.3, 0.4) is 0 Å². The lowest BCUT2D eigenvalue weighted by Gasteiger charge is -2.36. The average molecular weight is 419 g/mol. The molecular formula is C20H22FN3O4S. The van der Waals surface area contributed by atoms with Gasteiger partial charge in [0.15, 0.2) is 11.6 Å². The van der Waals surface area contributed by atoms with Crippen LogP contribution in [0.4, 0.5) is 15.8 Å². The number of benzene rings is 2. The highest BCUT2D eigenvalue weighted by atomic mass is 32.2. The number of piperidine rings is 1. The number of carbonyl (C=O) groups is 1. The minimum atomic E-state index is -3.63. The van der Waals surface area contributed by atoms with Gasteiger partial charge in [0.2, 0.25) is 0 Å². The maximum Gasteiger partial charge on any atom is 0.326 e. The zero-order valence-electron chi connectivity index (χ0n) is 16.2. The molecule has 2 aromatic rings. The molecule has 2 heterocycles. The Kier molecular flexibility index (Phi) is 4.85. The highest BCUT2D eigenvalue weighted by Crippen LogP contribution is 2.42. The van der Waals surface area contributed by atoms with Crippen molar-refractivity contribution >= 4 is 27.5 Å². The molecule has 0 radical (unpaired) electrons. The maximum atomic E-state index is 13.9. The quantitative estimate of drug-likeness (QED) is 0.767. The van der Waals surface area contributed by atoms with E-state index in [4.69, 9.17) is 4.74 Å². The van der Waals surface area contributed by atoms with E-state index in [1.54, 1.807) is 24.1 Å². The van der Waals surface area contributed by atoms with Crippen LogP contribution in [0.15, 0.2) is 42.5 Å². The predicted molar refractivity (Wildman–Crippen MR) is 108 cm³/mol. The number of amides is 1. The molecule has 1 fully saturated rings. The molecule has 2 aliphatic rings. The zero-order chi connectivity index (χ0) is 20.8. The number of hydrogen-bond acceptors (Lipinski definition) is 4. The lowest BCUT2D eigenvalue weighted by molar-refractivity contribution is 0.0715. The van der Waals surface area contributed by atoms with Crippen molar-refractivity contribution in [2.45, 2.75) is 18.9 Å². The maximum absolute atomic E-state index is 13.9. The molecule has 2 aliphatic heterocycles. The van der Waals surface area contributed by atoms with Gasteiger partial charge < -0.3 is 9.64 Å². The first-order chi connectivity index (χ1) is 13.8. The van der Waals surface area contributed by atoms with Crippen LogP contribution >= 0.6 is 0 Å². The highest BCUT2D eigenvalue weighted by Gasteiger charge is 2.43. The Hall–Kier alpha value is -2.81. The van der Waals surface area contributed by atoms with Crippen molar-refractivity contribution in [3.8, 4) is 5.75 Å².